The van der Waals surface area contributed by atoms with Gasteiger partial charge in [0.15, 0.2) is 115 Å². The van der Waals surface area contributed by atoms with Crippen LogP contribution in [0.1, 0.15) is 89.4 Å². The van der Waals surface area contributed by atoms with Gasteiger partial charge in [0.2, 0.25) is 0 Å². The number of hydrogen-bond acceptors (Lipinski definition) is 28. The number of phenolic OH excluding ortho intramolecular Hbond substituents is 12. The van der Waals surface area contributed by atoms with Crippen LogP contribution in [-0.2, 0) is 44.6 Å². The minimum Gasteiger partial charge on any atom is -0.504 e. The molecule has 4 atom stereocenters. The second-order valence-electron chi connectivity index (χ2n) is 23.8. The van der Waals surface area contributed by atoms with Gasteiger partial charge in [0.05, 0.1) is 106 Å². The van der Waals surface area contributed by atoms with Gasteiger partial charge in [-0.2, -0.15) is 0 Å². The van der Waals surface area contributed by atoms with E-state index >= 15 is 0 Å². The molecule has 0 saturated carbocycles. The summed E-state index contributed by atoms with van der Waals surface area (Å²) < 4.78 is 66.0. The highest BCUT2D eigenvalue weighted by Crippen LogP contribution is 2.42. The van der Waals surface area contributed by atoms with Crippen LogP contribution in [0.15, 0.2) is 121 Å². The van der Waals surface area contributed by atoms with Gasteiger partial charge in [-0.3, -0.25) is 0 Å². The van der Waals surface area contributed by atoms with Gasteiger partial charge in [-0.25, -0.2) is 19.2 Å². The first-order valence-corrected chi connectivity index (χ1v) is 32.3. The maximum Gasteiger partial charge on any atom is 0.338 e. The summed E-state index contributed by atoms with van der Waals surface area (Å²) in [5.41, 5.74) is 2.79. The summed E-state index contributed by atoms with van der Waals surface area (Å²) in [6, 6.07) is 29.8. The van der Waals surface area contributed by atoms with Crippen LogP contribution in [0.4, 0.5) is 0 Å². The summed E-state index contributed by atoms with van der Waals surface area (Å²) in [7, 11) is 12.2. The Hall–Kier alpha value is -12.4. The number of aromatic hydroxyl groups is 12. The molecule has 0 bridgehead atoms. The van der Waals surface area contributed by atoms with E-state index in [0.717, 1.165) is 70.8 Å². The highest BCUT2D eigenvalue weighted by molar-refractivity contribution is 5.93. The minimum absolute atomic E-state index is 0.0431. The zero-order valence-corrected chi connectivity index (χ0v) is 58.2. The molecular weight excluding hydrogens is 1360 g/mol. The number of carbonyl (C=O) groups is 4. The molecule has 0 aromatic heterocycles. The van der Waals surface area contributed by atoms with Crippen LogP contribution in [-0.4, -0.2) is 168 Å². The van der Waals surface area contributed by atoms with Gasteiger partial charge < -0.3 is 118 Å². The Bertz CT molecular complexity index is 3920. The van der Waals surface area contributed by atoms with E-state index in [2.05, 4.69) is 0 Å². The van der Waals surface area contributed by atoms with Crippen LogP contribution >= 0.6 is 0 Å². The molecule has 0 unspecified atom stereocenters. The number of carbonyl (C=O) groups excluding carboxylic acids is 4. The Morgan fingerprint density at radius 2 is 0.471 bits per heavy atom. The molecule has 28 heteroatoms. The van der Waals surface area contributed by atoms with E-state index in [9.17, 15) is 80.5 Å². The Kier molecular flexibility index (Phi) is 28.4. The second-order valence-corrected chi connectivity index (χ2v) is 23.8. The van der Waals surface area contributed by atoms with Crippen molar-refractivity contribution in [3.8, 4) is 115 Å². The molecule has 0 spiro atoms. The molecule has 0 amide bonds. The first-order valence-electron chi connectivity index (χ1n) is 32.3. The van der Waals surface area contributed by atoms with Crippen LogP contribution in [0.5, 0.6) is 115 Å². The fourth-order valence-corrected chi connectivity index (χ4v) is 11.6. The number of phenols is 12. The lowest BCUT2D eigenvalue weighted by molar-refractivity contribution is 0.0358. The molecule has 0 aliphatic heterocycles. The third-order valence-corrected chi connectivity index (χ3v) is 17.1. The summed E-state index contributed by atoms with van der Waals surface area (Å²) in [6.07, 6.45) is 3.35. The summed E-state index contributed by atoms with van der Waals surface area (Å²) >= 11 is 0. The van der Waals surface area contributed by atoms with Crippen molar-refractivity contribution < 1.29 is 137 Å². The van der Waals surface area contributed by atoms with Gasteiger partial charge in [-0.1, -0.05) is 24.3 Å². The van der Waals surface area contributed by atoms with Crippen molar-refractivity contribution >= 4 is 23.9 Å². The third kappa shape index (κ3) is 20.9. The Labute approximate surface area is 598 Å². The number of hydrogen-bond donors (Lipinski definition) is 12. The molecule has 8 rings (SSSR count). The summed E-state index contributed by atoms with van der Waals surface area (Å²) in [5, 5.41) is 118. The van der Waals surface area contributed by atoms with Gasteiger partial charge in [-0.05, 0) is 183 Å². The first kappa shape index (κ1) is 79.0. The number of methoxy groups -OCH3 is 8. The highest BCUT2D eigenvalue weighted by atomic mass is 16.6. The van der Waals surface area contributed by atoms with E-state index in [1.807, 2.05) is 48.5 Å². The van der Waals surface area contributed by atoms with Crippen molar-refractivity contribution in [2.75, 3.05) is 83.3 Å². The van der Waals surface area contributed by atoms with Gasteiger partial charge >= 0.3 is 23.9 Å². The molecule has 0 fully saturated rings. The SMILES string of the molecule is COc1ccc(C[C@@H](CCCOC(=O)c2cc(O)c(O)c(O)c2)[C@H](COC(=O)c2cc(O)c(O)c(O)c2)Cc2ccc(OC)c(OC)c2)cc1OC.COc1ccc(C[C@H](CCCOC(=O)c2cc(O)c(O)c(O)c2)[C@@H](COC(=O)c2cc(O)c(O)c(O)c2)Cc2ccc(OC)c(OC)c2)cc1OC. The van der Waals surface area contributed by atoms with Crippen LogP contribution in [0.25, 0.3) is 0 Å². The van der Waals surface area contributed by atoms with Crippen LogP contribution in [0, 0.1) is 23.7 Å². The predicted octanol–water partition coefficient (Wildman–Crippen LogP) is 10.9. The van der Waals surface area contributed by atoms with Gasteiger partial charge in [0, 0.05) is 11.8 Å². The first-order chi connectivity index (χ1) is 49.8. The Morgan fingerprint density at radius 3 is 0.683 bits per heavy atom. The van der Waals surface area contributed by atoms with E-state index in [1.54, 1.807) is 24.3 Å². The lowest BCUT2D eigenvalue weighted by Crippen LogP contribution is -2.27. The van der Waals surface area contributed by atoms with E-state index in [-0.39, 0.29) is 72.4 Å². The van der Waals surface area contributed by atoms with Crippen molar-refractivity contribution in [1.82, 2.24) is 0 Å². The quantitative estimate of drug-likeness (QED) is 0.00771. The zero-order valence-electron chi connectivity index (χ0n) is 58.2. The fraction of sp³-hybridized carbons (Fsp3) is 0.316. The van der Waals surface area contributed by atoms with Crippen LogP contribution in [0.3, 0.4) is 0 Å². The smallest absolute Gasteiger partial charge is 0.338 e. The number of benzene rings is 8. The molecular formula is C76H84O28. The Morgan fingerprint density at radius 1 is 0.269 bits per heavy atom. The fourth-order valence-electron chi connectivity index (χ4n) is 11.6. The largest absolute Gasteiger partial charge is 0.504 e. The molecule has 0 aliphatic rings. The molecule has 28 nitrogen and oxygen atoms in total. The molecule has 8 aromatic carbocycles. The number of ether oxygens (including phenoxy) is 12. The molecule has 0 heterocycles. The van der Waals surface area contributed by atoms with Gasteiger partial charge in [0.25, 0.3) is 0 Å². The van der Waals surface area contributed by atoms with Crippen molar-refractivity contribution in [2.45, 2.75) is 51.4 Å². The normalized spacial score (nSPS) is 12.0. The average Bonchev–Trinajstić information content (AvgIpc) is 0.835. The van der Waals surface area contributed by atoms with Crippen molar-refractivity contribution in [1.29, 1.82) is 0 Å². The van der Waals surface area contributed by atoms with Crippen LogP contribution in [0.2, 0.25) is 0 Å². The molecule has 0 saturated heterocycles. The number of esters is 4. The molecule has 12 N–H and O–H groups in total. The predicted molar refractivity (Wildman–Crippen MR) is 372 cm³/mol. The summed E-state index contributed by atoms with van der Waals surface area (Å²) in [5.74, 6) is -8.82. The standard InChI is InChI=1S/2C38H42O14/c2*1-47-31-9-7-21(14-33(31)49-3)12-23(6-5-11-51-37(45)24-16-27(39)35(43)28(40)17-24)26(13-22-8-10-32(48-2)34(15-22)50-4)20-52-38(46)25-18-29(41)36(44)30(42)19-25/h2*7-10,14-19,23,26,39-44H,5-6,11-13,20H2,1-4H3/t2*23-,26+/m10/s1. The van der Waals surface area contributed by atoms with Gasteiger partial charge in [0.1, 0.15) is 0 Å². The van der Waals surface area contributed by atoms with E-state index in [4.69, 9.17) is 56.8 Å². The molecule has 0 aliphatic carbocycles. The minimum atomic E-state index is -0.845. The van der Waals surface area contributed by atoms with Crippen molar-refractivity contribution in [2.24, 2.45) is 23.7 Å². The average molecular weight is 1450 g/mol. The maximum absolute atomic E-state index is 13.2. The van der Waals surface area contributed by atoms with E-state index in [0.29, 0.717) is 97.4 Å². The maximum atomic E-state index is 13.2. The lowest BCUT2D eigenvalue weighted by Gasteiger charge is -2.28. The summed E-state index contributed by atoms with van der Waals surface area (Å²) in [6.45, 7) is -0.310. The molecule has 8 aromatic rings. The lowest BCUT2D eigenvalue weighted by atomic mass is 9.80. The second kappa shape index (κ2) is 37.4. The van der Waals surface area contributed by atoms with Crippen molar-refractivity contribution in [3.05, 3.63) is 166 Å². The van der Waals surface area contributed by atoms with Gasteiger partial charge in [-0.15, -0.1) is 0 Å². The van der Waals surface area contributed by atoms with Crippen molar-refractivity contribution in [3.63, 3.8) is 0 Å². The third-order valence-electron chi connectivity index (χ3n) is 17.1. The highest BCUT2D eigenvalue weighted by Gasteiger charge is 2.30. The summed E-state index contributed by atoms with van der Waals surface area (Å²) in [4.78, 5) is 51.8. The van der Waals surface area contributed by atoms with Crippen LogP contribution < -0.4 is 37.9 Å². The monoisotopic (exact) mass is 1440 g/mol. The zero-order chi connectivity index (χ0) is 75.9. The molecule has 556 valence electrons. The van der Waals surface area contributed by atoms with E-state index < -0.39 is 92.9 Å². The molecule has 0 radical (unpaired) electrons. The number of rotatable bonds is 34. The Balaban J connectivity index is 0.000000291. The van der Waals surface area contributed by atoms with E-state index in [1.165, 1.54) is 56.9 Å². The molecule has 104 heavy (non-hydrogen) atoms. The topological polar surface area (TPSA) is 422 Å².